The zero-order chi connectivity index (χ0) is 14.5. The highest BCUT2D eigenvalue weighted by molar-refractivity contribution is 5.98. The molecule has 2 atom stereocenters. The van der Waals surface area contributed by atoms with Crippen molar-refractivity contribution in [3.8, 4) is 0 Å². The Balaban J connectivity index is 2.45. The molecule has 0 saturated heterocycles. The average Bonchev–Trinajstić information content (AvgIpc) is 2.38. The first-order valence-corrected chi connectivity index (χ1v) is 8.04. The van der Waals surface area contributed by atoms with Crippen molar-refractivity contribution in [1.82, 2.24) is 0 Å². The normalized spacial score (nSPS) is 31.1. The summed E-state index contributed by atoms with van der Waals surface area (Å²) < 4.78 is 11.1. The third-order valence-electron chi connectivity index (χ3n) is 4.81. The van der Waals surface area contributed by atoms with Crippen LogP contribution in [0.25, 0.3) is 0 Å². The van der Waals surface area contributed by atoms with Crippen LogP contribution in [0.4, 0.5) is 0 Å². The number of hydrogen-bond acceptors (Lipinski definition) is 3. The fourth-order valence-corrected chi connectivity index (χ4v) is 3.73. The van der Waals surface area contributed by atoms with E-state index in [2.05, 4.69) is 20.4 Å². The maximum absolute atomic E-state index is 11.3. The van der Waals surface area contributed by atoms with Crippen molar-refractivity contribution >= 4 is 16.5 Å². The lowest BCUT2D eigenvalue weighted by atomic mass is 9.63. The second-order valence-electron chi connectivity index (χ2n) is 6.22. The average molecular weight is 284 g/mol. The van der Waals surface area contributed by atoms with Crippen LogP contribution in [0.5, 0.6) is 0 Å². The lowest BCUT2D eigenvalue weighted by Gasteiger charge is -2.50. The molecule has 0 aromatic carbocycles. The molecule has 1 rings (SSSR count). The molecule has 0 amide bonds. The highest BCUT2D eigenvalue weighted by Crippen LogP contribution is 2.48. The second-order valence-corrected chi connectivity index (χ2v) is 6.63. The summed E-state index contributed by atoms with van der Waals surface area (Å²) in [5, 5.41) is 0. The van der Waals surface area contributed by atoms with Gasteiger partial charge >= 0.3 is 5.97 Å². The Hall–Kier alpha value is -0.613. The Labute approximate surface area is 120 Å². The van der Waals surface area contributed by atoms with Gasteiger partial charge in [-0.3, -0.25) is 0 Å². The molecule has 0 radical (unpaired) electrons. The summed E-state index contributed by atoms with van der Waals surface area (Å²) in [5.74, 6) is -0.282. The van der Waals surface area contributed by atoms with Crippen molar-refractivity contribution in [2.75, 3.05) is 6.61 Å². The molecule has 0 aromatic heterocycles. The van der Waals surface area contributed by atoms with Crippen LogP contribution in [0.2, 0.25) is 0 Å². The van der Waals surface area contributed by atoms with Crippen molar-refractivity contribution in [2.45, 2.75) is 64.9 Å². The maximum atomic E-state index is 11.3. The molecule has 4 heteroatoms. The first-order valence-electron chi connectivity index (χ1n) is 7.22. The van der Waals surface area contributed by atoms with E-state index in [4.69, 9.17) is 9.16 Å². The number of carbonyl (C=O) groups is 1. The standard InChI is InChI=1S/C15H28O3Si/c1-12(2)13(16)17-11-7-9-14(3)8-5-6-10-15(14,4)18-19/h1,5-11H2,2-4,19H3. The molecule has 3 nitrogen and oxygen atoms in total. The third kappa shape index (κ3) is 3.92. The lowest BCUT2D eigenvalue weighted by molar-refractivity contribution is -0.139. The first-order chi connectivity index (χ1) is 8.84. The SMILES string of the molecule is C=C(C)C(=O)OCCCC1(C)CCCCC1(C)O[SiH3]. The summed E-state index contributed by atoms with van der Waals surface area (Å²) in [5.41, 5.74) is 0.690. The summed E-state index contributed by atoms with van der Waals surface area (Å²) in [6.07, 6.45) is 6.85. The molecule has 1 aliphatic rings. The van der Waals surface area contributed by atoms with Gasteiger partial charge in [0.2, 0.25) is 0 Å². The molecule has 0 heterocycles. The first kappa shape index (κ1) is 16.4. The van der Waals surface area contributed by atoms with Gasteiger partial charge in [-0.05, 0) is 44.9 Å². The Morgan fingerprint density at radius 2 is 1.95 bits per heavy atom. The minimum Gasteiger partial charge on any atom is -0.462 e. The molecule has 0 bridgehead atoms. The van der Waals surface area contributed by atoms with Crippen molar-refractivity contribution in [3.63, 3.8) is 0 Å². The van der Waals surface area contributed by atoms with E-state index in [0.29, 0.717) is 12.2 Å². The quantitative estimate of drug-likeness (QED) is 0.325. The highest BCUT2D eigenvalue weighted by Gasteiger charge is 2.45. The van der Waals surface area contributed by atoms with Crippen LogP contribution in [0.1, 0.15) is 59.3 Å². The number of carbonyl (C=O) groups excluding carboxylic acids is 1. The predicted molar refractivity (Wildman–Crippen MR) is 81.0 cm³/mol. The van der Waals surface area contributed by atoms with Crippen LogP contribution in [0, 0.1) is 5.41 Å². The van der Waals surface area contributed by atoms with E-state index in [9.17, 15) is 4.79 Å². The topological polar surface area (TPSA) is 35.5 Å². The zero-order valence-corrected chi connectivity index (χ0v) is 14.9. The molecule has 1 aliphatic carbocycles. The van der Waals surface area contributed by atoms with Gasteiger partial charge in [0.1, 0.15) is 10.5 Å². The van der Waals surface area contributed by atoms with Crippen molar-refractivity contribution in [1.29, 1.82) is 0 Å². The monoisotopic (exact) mass is 284 g/mol. The Morgan fingerprint density at radius 3 is 2.53 bits per heavy atom. The smallest absolute Gasteiger partial charge is 0.333 e. The van der Waals surface area contributed by atoms with Crippen molar-refractivity contribution in [2.24, 2.45) is 5.41 Å². The van der Waals surface area contributed by atoms with Gasteiger partial charge in [-0.25, -0.2) is 4.79 Å². The van der Waals surface area contributed by atoms with Crippen LogP contribution >= 0.6 is 0 Å². The molecular weight excluding hydrogens is 256 g/mol. The highest BCUT2D eigenvalue weighted by atomic mass is 28.2. The second kappa shape index (κ2) is 6.71. The summed E-state index contributed by atoms with van der Waals surface area (Å²) in [6.45, 7) is 10.3. The lowest BCUT2D eigenvalue weighted by Crippen LogP contribution is -2.48. The fourth-order valence-electron chi connectivity index (χ4n) is 3.03. The Kier molecular flexibility index (Phi) is 5.80. The molecule has 2 unspecified atom stereocenters. The summed E-state index contributed by atoms with van der Waals surface area (Å²) in [7, 11) is 0.783. The zero-order valence-electron chi connectivity index (χ0n) is 12.9. The van der Waals surface area contributed by atoms with Gasteiger partial charge in [0, 0.05) is 5.57 Å². The summed E-state index contributed by atoms with van der Waals surface area (Å²) >= 11 is 0. The molecule has 110 valence electrons. The van der Waals surface area contributed by atoms with Crippen LogP contribution in [0.3, 0.4) is 0 Å². The molecule has 0 aromatic rings. The van der Waals surface area contributed by atoms with Gasteiger partial charge in [-0.15, -0.1) is 0 Å². The van der Waals surface area contributed by atoms with Gasteiger partial charge < -0.3 is 9.16 Å². The number of rotatable bonds is 6. The Morgan fingerprint density at radius 1 is 1.32 bits per heavy atom. The van der Waals surface area contributed by atoms with E-state index in [-0.39, 0.29) is 17.0 Å². The third-order valence-corrected chi connectivity index (χ3v) is 5.72. The molecule has 0 N–H and O–H groups in total. The van der Waals surface area contributed by atoms with Crippen molar-refractivity contribution in [3.05, 3.63) is 12.2 Å². The molecule has 0 aliphatic heterocycles. The van der Waals surface area contributed by atoms with E-state index in [1.165, 1.54) is 19.3 Å². The predicted octanol–water partition coefficient (Wildman–Crippen LogP) is 2.52. The van der Waals surface area contributed by atoms with E-state index in [0.717, 1.165) is 29.7 Å². The van der Waals surface area contributed by atoms with Gasteiger partial charge in [0.25, 0.3) is 0 Å². The van der Waals surface area contributed by atoms with Gasteiger partial charge in [-0.1, -0.05) is 26.3 Å². The largest absolute Gasteiger partial charge is 0.462 e. The van der Waals surface area contributed by atoms with E-state index >= 15 is 0 Å². The van der Waals surface area contributed by atoms with Crippen LogP contribution in [0.15, 0.2) is 12.2 Å². The minimum absolute atomic E-state index is 0.00976. The van der Waals surface area contributed by atoms with E-state index in [1.54, 1.807) is 6.92 Å². The molecular formula is C15H28O3Si. The van der Waals surface area contributed by atoms with E-state index < -0.39 is 0 Å². The number of esters is 1. The summed E-state index contributed by atoms with van der Waals surface area (Å²) in [4.78, 5) is 11.3. The summed E-state index contributed by atoms with van der Waals surface area (Å²) in [6, 6.07) is 0. The van der Waals surface area contributed by atoms with Crippen LogP contribution in [-0.4, -0.2) is 28.7 Å². The number of ether oxygens (including phenoxy) is 1. The molecule has 0 spiro atoms. The van der Waals surface area contributed by atoms with Gasteiger partial charge in [0.15, 0.2) is 0 Å². The maximum Gasteiger partial charge on any atom is 0.333 e. The molecule has 1 saturated carbocycles. The number of hydrogen-bond donors (Lipinski definition) is 0. The van der Waals surface area contributed by atoms with Gasteiger partial charge in [-0.2, -0.15) is 0 Å². The molecule has 19 heavy (non-hydrogen) atoms. The van der Waals surface area contributed by atoms with Crippen molar-refractivity contribution < 1.29 is 14.0 Å². The van der Waals surface area contributed by atoms with E-state index in [1.807, 2.05) is 0 Å². The fraction of sp³-hybridized carbons (Fsp3) is 0.800. The van der Waals surface area contributed by atoms with Crippen LogP contribution < -0.4 is 0 Å². The van der Waals surface area contributed by atoms with Gasteiger partial charge in [0.05, 0.1) is 12.2 Å². The Bertz CT molecular complexity index is 342. The minimum atomic E-state index is -0.282. The van der Waals surface area contributed by atoms with Crippen LogP contribution in [-0.2, 0) is 14.0 Å². The molecule has 1 fully saturated rings.